The largest absolute Gasteiger partial charge is 0.508 e. The molecule has 4 rings (SSSR count). The highest BCUT2D eigenvalue weighted by molar-refractivity contribution is 5.74. The fourth-order valence-corrected chi connectivity index (χ4v) is 5.01. The third kappa shape index (κ3) is 5.22. The summed E-state index contributed by atoms with van der Waals surface area (Å²) in [6, 6.07) is 13.5. The van der Waals surface area contributed by atoms with Gasteiger partial charge in [0.25, 0.3) is 0 Å². The third-order valence-electron chi connectivity index (χ3n) is 6.84. The quantitative estimate of drug-likeness (QED) is 0.616. The average molecular weight is 442 g/mol. The number of aromatic hydroxyl groups is 1. The molecule has 0 spiro atoms. The Morgan fingerprint density at radius 1 is 1.12 bits per heavy atom. The van der Waals surface area contributed by atoms with E-state index in [9.17, 15) is 19.4 Å². The minimum atomic E-state index is -0.408. The first-order valence-electron chi connectivity index (χ1n) is 11.4. The zero-order valence-corrected chi connectivity index (χ0v) is 18.3. The van der Waals surface area contributed by atoms with Gasteiger partial charge in [-0.2, -0.15) is 0 Å². The number of carbonyl (C=O) groups excluding carboxylic acids is 1. The van der Waals surface area contributed by atoms with Gasteiger partial charge >= 0.3 is 6.03 Å². The number of hydrogen-bond acceptors (Lipinski definition) is 4. The van der Waals surface area contributed by atoms with Crippen molar-refractivity contribution in [3.63, 3.8) is 0 Å². The molecule has 2 saturated heterocycles. The van der Waals surface area contributed by atoms with Gasteiger partial charge in [-0.3, -0.25) is 4.90 Å². The van der Waals surface area contributed by atoms with Gasteiger partial charge < -0.3 is 20.4 Å². The van der Waals surface area contributed by atoms with Gasteiger partial charge in [-0.15, -0.1) is 0 Å². The minimum absolute atomic E-state index is 0.0120. The normalized spacial score (nSPS) is 22.2. The van der Waals surface area contributed by atoms with Crippen LogP contribution in [-0.4, -0.2) is 65.4 Å². The summed E-state index contributed by atoms with van der Waals surface area (Å²) < 4.78 is 13.2. The summed E-state index contributed by atoms with van der Waals surface area (Å²) in [5.74, 6) is -0.0513. The monoisotopic (exact) mass is 441 g/mol. The van der Waals surface area contributed by atoms with Crippen molar-refractivity contribution < 1.29 is 19.4 Å². The maximum atomic E-state index is 13.2. The number of benzene rings is 2. The molecule has 0 bridgehead atoms. The molecule has 7 heteroatoms. The highest BCUT2D eigenvalue weighted by Gasteiger charge is 2.40. The first-order valence-corrected chi connectivity index (χ1v) is 11.4. The molecule has 2 aliphatic heterocycles. The van der Waals surface area contributed by atoms with Gasteiger partial charge in [0.2, 0.25) is 0 Å². The van der Waals surface area contributed by atoms with Crippen molar-refractivity contribution in [3.8, 4) is 5.75 Å². The van der Waals surface area contributed by atoms with E-state index in [4.69, 9.17) is 0 Å². The molecule has 2 atom stereocenters. The van der Waals surface area contributed by atoms with Crippen molar-refractivity contribution in [1.82, 2.24) is 15.1 Å². The number of nitrogens with zero attached hydrogens (tertiary/aromatic N) is 2. The van der Waals surface area contributed by atoms with Crippen LogP contribution in [0.5, 0.6) is 5.75 Å². The van der Waals surface area contributed by atoms with E-state index in [1.54, 1.807) is 29.2 Å². The number of phenols is 1. The van der Waals surface area contributed by atoms with Gasteiger partial charge in [0.15, 0.2) is 0 Å². The number of hydrogen-bond donors (Lipinski definition) is 3. The molecule has 6 nitrogen and oxygen atoms in total. The zero-order chi connectivity index (χ0) is 22.6. The average Bonchev–Trinajstić information content (AvgIpc) is 3.47. The number of aliphatic hydroxyl groups excluding tert-OH is 1. The molecule has 0 radical (unpaired) electrons. The standard InChI is InChI=1S/C25H32FN3O3/c26-21-8-6-19(7-9-21)15-25(18-30)10-13-29(17-25)24(32)27-16-23(28-11-1-2-12-28)20-4-3-5-22(31)14-20/h3-9,14,23,30-31H,1-2,10-13,15-18H2,(H,27,32). The summed E-state index contributed by atoms with van der Waals surface area (Å²) >= 11 is 0. The van der Waals surface area contributed by atoms with Crippen molar-refractivity contribution in [2.75, 3.05) is 39.3 Å². The Bertz CT molecular complexity index is 917. The highest BCUT2D eigenvalue weighted by atomic mass is 19.1. The Morgan fingerprint density at radius 3 is 2.56 bits per heavy atom. The topological polar surface area (TPSA) is 76.0 Å². The molecule has 2 unspecified atom stereocenters. The summed E-state index contributed by atoms with van der Waals surface area (Å²) in [7, 11) is 0. The van der Waals surface area contributed by atoms with Gasteiger partial charge in [-0.1, -0.05) is 24.3 Å². The number of rotatable bonds is 7. The lowest BCUT2D eigenvalue weighted by Gasteiger charge is -2.30. The molecule has 32 heavy (non-hydrogen) atoms. The van der Waals surface area contributed by atoms with Crippen molar-refractivity contribution in [3.05, 3.63) is 65.5 Å². The fourth-order valence-electron chi connectivity index (χ4n) is 5.01. The zero-order valence-electron chi connectivity index (χ0n) is 18.3. The SMILES string of the molecule is O=C(NCC(c1cccc(O)c1)N1CCCC1)N1CCC(CO)(Cc2ccc(F)cc2)C1. The van der Waals surface area contributed by atoms with Crippen LogP contribution in [0.3, 0.4) is 0 Å². The molecule has 2 aromatic carbocycles. The van der Waals surface area contributed by atoms with Crippen LogP contribution < -0.4 is 5.32 Å². The molecule has 3 N–H and O–H groups in total. The van der Waals surface area contributed by atoms with Crippen molar-refractivity contribution in [1.29, 1.82) is 0 Å². The first-order chi connectivity index (χ1) is 15.5. The van der Waals surface area contributed by atoms with Crippen LogP contribution in [-0.2, 0) is 6.42 Å². The predicted octanol–water partition coefficient (Wildman–Crippen LogP) is 3.30. The molecule has 0 saturated carbocycles. The summed E-state index contributed by atoms with van der Waals surface area (Å²) in [5.41, 5.74) is 1.55. The van der Waals surface area contributed by atoms with Crippen LogP contribution >= 0.6 is 0 Å². The molecule has 2 amide bonds. The van der Waals surface area contributed by atoms with E-state index in [2.05, 4.69) is 10.2 Å². The molecule has 0 aromatic heterocycles. The van der Waals surface area contributed by atoms with E-state index in [0.717, 1.165) is 37.1 Å². The first kappa shape index (κ1) is 22.6. The van der Waals surface area contributed by atoms with Gasteiger partial charge in [-0.05, 0) is 74.2 Å². The lowest BCUT2D eigenvalue weighted by atomic mass is 9.81. The summed E-state index contributed by atoms with van der Waals surface area (Å²) in [4.78, 5) is 17.1. The number of aliphatic hydroxyl groups is 1. The second kappa shape index (κ2) is 9.88. The van der Waals surface area contributed by atoms with Crippen molar-refractivity contribution in [2.24, 2.45) is 5.41 Å². The maximum Gasteiger partial charge on any atom is 0.317 e. The lowest BCUT2D eigenvalue weighted by Crippen LogP contribution is -2.44. The van der Waals surface area contributed by atoms with Crippen molar-refractivity contribution in [2.45, 2.75) is 31.7 Å². The summed E-state index contributed by atoms with van der Waals surface area (Å²) in [6.45, 7) is 3.44. The lowest BCUT2D eigenvalue weighted by molar-refractivity contribution is 0.129. The molecule has 2 heterocycles. The Labute approximate surface area is 188 Å². The maximum absolute atomic E-state index is 13.2. The number of halogens is 1. The molecule has 2 aliphatic rings. The minimum Gasteiger partial charge on any atom is -0.508 e. The van der Waals surface area contributed by atoms with Gasteiger partial charge in [-0.25, -0.2) is 9.18 Å². The number of amides is 2. The van der Waals surface area contributed by atoms with Crippen LogP contribution in [0, 0.1) is 11.2 Å². The van der Waals surface area contributed by atoms with E-state index < -0.39 is 5.41 Å². The highest BCUT2D eigenvalue weighted by Crippen LogP contribution is 2.34. The molecule has 2 aromatic rings. The molecule has 2 fully saturated rings. The smallest absolute Gasteiger partial charge is 0.317 e. The molecule has 172 valence electrons. The van der Waals surface area contributed by atoms with E-state index in [1.165, 1.54) is 12.1 Å². The van der Waals surface area contributed by atoms with Gasteiger partial charge in [0.1, 0.15) is 11.6 Å². The number of carbonyl (C=O) groups is 1. The Hall–Kier alpha value is -2.64. The van der Waals surface area contributed by atoms with Crippen LogP contribution in [0.2, 0.25) is 0 Å². The number of nitrogens with one attached hydrogen (secondary N) is 1. The predicted molar refractivity (Wildman–Crippen MR) is 121 cm³/mol. The Morgan fingerprint density at radius 2 is 1.88 bits per heavy atom. The number of phenolic OH excluding ortho intramolecular Hbond substituents is 1. The number of likely N-dealkylation sites (tertiary alicyclic amines) is 2. The van der Waals surface area contributed by atoms with E-state index in [0.29, 0.717) is 32.5 Å². The second-order valence-corrected chi connectivity index (χ2v) is 9.17. The van der Waals surface area contributed by atoms with E-state index in [-0.39, 0.29) is 30.2 Å². The van der Waals surface area contributed by atoms with E-state index in [1.807, 2.05) is 12.1 Å². The van der Waals surface area contributed by atoms with Gasteiger partial charge in [0.05, 0.1) is 12.6 Å². The fraction of sp³-hybridized carbons (Fsp3) is 0.480. The summed E-state index contributed by atoms with van der Waals surface area (Å²) in [5, 5.41) is 23.1. The Kier molecular flexibility index (Phi) is 6.96. The van der Waals surface area contributed by atoms with E-state index >= 15 is 0 Å². The van der Waals surface area contributed by atoms with Gasteiger partial charge in [0, 0.05) is 25.0 Å². The van der Waals surface area contributed by atoms with Crippen LogP contribution in [0.15, 0.2) is 48.5 Å². The molecule has 0 aliphatic carbocycles. The van der Waals surface area contributed by atoms with Crippen LogP contribution in [0.4, 0.5) is 9.18 Å². The molecular formula is C25H32FN3O3. The third-order valence-corrected chi connectivity index (χ3v) is 6.84. The Balaban J connectivity index is 1.38. The number of urea groups is 1. The molecular weight excluding hydrogens is 409 g/mol. The second-order valence-electron chi connectivity index (χ2n) is 9.17. The van der Waals surface area contributed by atoms with Crippen molar-refractivity contribution >= 4 is 6.03 Å². The van der Waals surface area contributed by atoms with Crippen LogP contribution in [0.1, 0.15) is 36.4 Å². The summed E-state index contributed by atoms with van der Waals surface area (Å²) in [6.07, 6.45) is 3.58. The van der Waals surface area contributed by atoms with Crippen LogP contribution in [0.25, 0.3) is 0 Å².